The third-order valence-electron chi connectivity index (χ3n) is 5.24. The van der Waals surface area contributed by atoms with E-state index in [1.807, 2.05) is 0 Å². The summed E-state index contributed by atoms with van der Waals surface area (Å²) in [6.07, 6.45) is -7.10. The molecule has 0 radical (unpaired) electrons. The molecule has 40 heavy (non-hydrogen) atoms. The van der Waals surface area contributed by atoms with E-state index in [2.05, 4.69) is 10.2 Å². The Kier molecular flexibility index (Phi) is 7.42. The smallest absolute Gasteiger partial charge is 0.460 e. The lowest BCUT2D eigenvalue weighted by atomic mass is 9.95. The molecule has 0 aromatic heterocycles. The van der Waals surface area contributed by atoms with Crippen LogP contribution >= 0.6 is 0 Å². The Bertz CT molecular complexity index is 1740. The highest BCUT2D eigenvalue weighted by atomic mass is 32.2. The van der Waals surface area contributed by atoms with Crippen molar-refractivity contribution in [3.05, 3.63) is 54.1 Å². The van der Waals surface area contributed by atoms with Crippen LogP contribution in [0, 0.1) is 0 Å². The molecular formula is C20H11F9N2O7S2. The van der Waals surface area contributed by atoms with E-state index < -0.39 is 87.4 Å². The van der Waals surface area contributed by atoms with Gasteiger partial charge in [0.25, 0.3) is 20.2 Å². The second-order valence-corrected chi connectivity index (χ2v) is 10.7. The van der Waals surface area contributed by atoms with Crippen LogP contribution in [0.15, 0.2) is 68.6 Å². The summed E-state index contributed by atoms with van der Waals surface area (Å²) < 4.78 is 186. The molecule has 3 N–H and O–H groups in total. The summed E-state index contributed by atoms with van der Waals surface area (Å²) in [5.74, 6) is -21.8. The Labute approximate surface area is 217 Å². The first kappa shape index (κ1) is 31.0. The predicted molar refractivity (Wildman–Crippen MR) is 116 cm³/mol. The van der Waals surface area contributed by atoms with Crippen molar-refractivity contribution >= 4 is 42.4 Å². The monoisotopic (exact) mass is 626 g/mol. The number of azo groups is 1. The Morgan fingerprint density at radius 1 is 0.700 bits per heavy atom. The number of alkyl halides is 9. The van der Waals surface area contributed by atoms with Gasteiger partial charge in [0.1, 0.15) is 10.6 Å². The molecule has 20 heteroatoms. The standard InChI is InChI=1S/C20H11F9N2O7S2/c21-17(22,18(23,24)19(25,26)20(27,28)29)12-3-1-2-4-13(12)30-31-15-14(40(36,37)38)8-9-7-10(39(33,34)35)5-6-11(9)16(15)32/h1-8,32H,(H,33,34,35)(H,36,37,38). The highest BCUT2D eigenvalue weighted by Gasteiger charge is 2.82. The molecule has 3 rings (SSSR count). The Morgan fingerprint density at radius 2 is 1.27 bits per heavy atom. The third kappa shape index (κ3) is 5.18. The molecule has 0 spiro atoms. The summed E-state index contributed by atoms with van der Waals surface area (Å²) in [5.41, 5.74) is -4.95. The summed E-state index contributed by atoms with van der Waals surface area (Å²) in [7, 11) is -10.3. The average Bonchev–Trinajstić information content (AvgIpc) is 2.81. The topological polar surface area (TPSA) is 154 Å². The maximum Gasteiger partial charge on any atom is 0.460 e. The van der Waals surface area contributed by atoms with Crippen LogP contribution in [-0.4, -0.2) is 49.1 Å². The van der Waals surface area contributed by atoms with Crippen LogP contribution < -0.4 is 0 Å². The van der Waals surface area contributed by atoms with Gasteiger partial charge in [-0.2, -0.15) is 56.3 Å². The molecule has 0 saturated heterocycles. The zero-order valence-corrected chi connectivity index (χ0v) is 20.3. The van der Waals surface area contributed by atoms with Gasteiger partial charge in [-0.1, -0.05) is 18.2 Å². The Hall–Kier alpha value is -3.49. The van der Waals surface area contributed by atoms with E-state index in [4.69, 9.17) is 4.55 Å². The van der Waals surface area contributed by atoms with Crippen molar-refractivity contribution in [3.8, 4) is 5.75 Å². The van der Waals surface area contributed by atoms with Crippen LogP contribution in [0.4, 0.5) is 50.9 Å². The van der Waals surface area contributed by atoms with Gasteiger partial charge >= 0.3 is 23.9 Å². The van der Waals surface area contributed by atoms with Crippen LogP contribution in [0.3, 0.4) is 0 Å². The summed E-state index contributed by atoms with van der Waals surface area (Å²) in [5, 5.41) is 15.7. The van der Waals surface area contributed by atoms with E-state index in [0.29, 0.717) is 30.3 Å². The predicted octanol–water partition coefficient (Wildman–Crippen LogP) is 6.38. The lowest BCUT2D eigenvalue weighted by molar-refractivity contribution is -0.399. The lowest BCUT2D eigenvalue weighted by Crippen LogP contribution is -2.59. The molecule has 0 fully saturated rings. The van der Waals surface area contributed by atoms with E-state index in [1.54, 1.807) is 0 Å². The molecule has 0 aliphatic heterocycles. The largest absolute Gasteiger partial charge is 0.505 e. The SMILES string of the molecule is O=S(=O)(O)c1ccc2c(O)c(N=Nc3ccccc3C(F)(F)C(F)(F)C(F)(F)C(F)(F)F)c(S(=O)(=O)O)cc2c1. The van der Waals surface area contributed by atoms with Gasteiger partial charge in [0.2, 0.25) is 0 Å². The number of phenols is 1. The number of hydrogen-bond donors (Lipinski definition) is 3. The highest BCUT2D eigenvalue weighted by Crippen LogP contribution is 2.58. The van der Waals surface area contributed by atoms with Gasteiger partial charge in [-0.05, 0) is 35.7 Å². The van der Waals surface area contributed by atoms with Crippen molar-refractivity contribution < 1.29 is 70.6 Å². The van der Waals surface area contributed by atoms with Gasteiger partial charge in [0, 0.05) is 5.39 Å². The maximum absolute atomic E-state index is 14.5. The molecule has 218 valence electrons. The Balaban J connectivity index is 2.26. The van der Waals surface area contributed by atoms with Gasteiger partial charge in [-0.15, -0.1) is 10.2 Å². The van der Waals surface area contributed by atoms with Gasteiger partial charge in [-0.25, -0.2) is 0 Å². The zero-order valence-electron chi connectivity index (χ0n) is 18.7. The highest BCUT2D eigenvalue weighted by molar-refractivity contribution is 7.86. The minimum absolute atomic E-state index is 0.00945. The van der Waals surface area contributed by atoms with Crippen LogP contribution in [0.25, 0.3) is 10.8 Å². The lowest BCUT2D eigenvalue weighted by Gasteiger charge is -2.34. The number of aromatic hydroxyl groups is 1. The molecule has 9 nitrogen and oxygen atoms in total. The third-order valence-corrected chi connectivity index (χ3v) is 6.96. The zero-order chi connectivity index (χ0) is 30.7. The second-order valence-electron chi connectivity index (χ2n) is 7.84. The normalized spacial score (nSPS) is 14.3. The summed E-state index contributed by atoms with van der Waals surface area (Å²) in [4.78, 5) is -2.17. The number of rotatable bonds is 7. The van der Waals surface area contributed by atoms with Crippen molar-refractivity contribution in [2.75, 3.05) is 0 Å². The molecule has 3 aromatic carbocycles. The van der Waals surface area contributed by atoms with Crippen LogP contribution in [0.2, 0.25) is 0 Å². The van der Waals surface area contributed by atoms with Gasteiger partial charge < -0.3 is 5.11 Å². The number of hydrogen-bond acceptors (Lipinski definition) is 7. The molecule has 0 unspecified atom stereocenters. The number of nitrogens with zero attached hydrogens (tertiary/aromatic N) is 2. The van der Waals surface area contributed by atoms with E-state index in [0.717, 1.165) is 12.1 Å². The molecule has 0 amide bonds. The van der Waals surface area contributed by atoms with Gasteiger partial charge in [0.05, 0.1) is 16.1 Å². The maximum atomic E-state index is 14.5. The second kappa shape index (κ2) is 9.56. The number of benzene rings is 3. The molecule has 0 aliphatic carbocycles. The van der Waals surface area contributed by atoms with Crippen LogP contribution in [0.5, 0.6) is 5.75 Å². The first-order valence-corrected chi connectivity index (χ1v) is 12.8. The summed E-state index contributed by atoms with van der Waals surface area (Å²) in [6, 6.07) is 4.37. The van der Waals surface area contributed by atoms with E-state index in [-0.39, 0.29) is 6.07 Å². The van der Waals surface area contributed by atoms with Crippen molar-refractivity contribution in [1.29, 1.82) is 0 Å². The van der Waals surface area contributed by atoms with Crippen molar-refractivity contribution in [2.45, 2.75) is 33.7 Å². The van der Waals surface area contributed by atoms with Crippen molar-refractivity contribution in [1.82, 2.24) is 0 Å². The van der Waals surface area contributed by atoms with Gasteiger partial charge in [0.15, 0.2) is 5.75 Å². The van der Waals surface area contributed by atoms with Crippen molar-refractivity contribution in [2.24, 2.45) is 10.2 Å². The molecule has 0 aliphatic rings. The molecule has 0 atom stereocenters. The first-order valence-electron chi connectivity index (χ1n) is 9.90. The van der Waals surface area contributed by atoms with Crippen LogP contribution in [-0.2, 0) is 26.2 Å². The summed E-state index contributed by atoms with van der Waals surface area (Å²) >= 11 is 0. The molecular weight excluding hydrogens is 615 g/mol. The molecule has 0 heterocycles. The molecule has 3 aromatic rings. The molecule has 0 saturated carbocycles. The summed E-state index contributed by atoms with van der Waals surface area (Å²) in [6.45, 7) is 0. The van der Waals surface area contributed by atoms with Crippen molar-refractivity contribution in [3.63, 3.8) is 0 Å². The fraction of sp³-hybridized carbons (Fsp3) is 0.200. The quantitative estimate of drug-likeness (QED) is 0.156. The number of fused-ring (bicyclic) bond motifs is 1. The average molecular weight is 626 g/mol. The fourth-order valence-electron chi connectivity index (χ4n) is 3.26. The Morgan fingerprint density at radius 3 is 1.80 bits per heavy atom. The number of halogens is 9. The van der Waals surface area contributed by atoms with E-state index in [9.17, 15) is 66.0 Å². The van der Waals surface area contributed by atoms with Gasteiger partial charge in [-0.3, -0.25) is 9.11 Å². The van der Waals surface area contributed by atoms with E-state index >= 15 is 0 Å². The van der Waals surface area contributed by atoms with E-state index in [1.165, 1.54) is 0 Å². The minimum Gasteiger partial charge on any atom is -0.505 e. The minimum atomic E-state index is -7.23. The first-order chi connectivity index (χ1) is 17.9. The molecule has 0 bridgehead atoms. The number of phenolic OH excluding ortho intramolecular Hbond substituents is 1. The fourth-order valence-corrected chi connectivity index (χ4v) is 4.43. The van der Waals surface area contributed by atoms with Crippen LogP contribution in [0.1, 0.15) is 5.56 Å².